The SMILES string of the molecule is CCCNC(C)c1nnc(C2(C)CCCO2)o1. The summed E-state index contributed by atoms with van der Waals surface area (Å²) in [6.45, 7) is 7.91. The molecule has 1 aromatic heterocycles. The predicted octanol–water partition coefficient (Wildman–Crippen LogP) is 2.16. The number of rotatable bonds is 5. The summed E-state index contributed by atoms with van der Waals surface area (Å²) in [6, 6.07) is 0.0983. The quantitative estimate of drug-likeness (QED) is 0.853. The van der Waals surface area contributed by atoms with Gasteiger partial charge in [-0.15, -0.1) is 10.2 Å². The van der Waals surface area contributed by atoms with Crippen LogP contribution in [0.1, 0.15) is 57.9 Å². The van der Waals surface area contributed by atoms with Crippen molar-refractivity contribution in [2.24, 2.45) is 0 Å². The maximum Gasteiger partial charge on any atom is 0.248 e. The van der Waals surface area contributed by atoms with Gasteiger partial charge in [-0.25, -0.2) is 0 Å². The van der Waals surface area contributed by atoms with Crippen molar-refractivity contribution in [1.29, 1.82) is 0 Å². The van der Waals surface area contributed by atoms with Gasteiger partial charge in [0.05, 0.1) is 6.04 Å². The molecule has 0 radical (unpaired) electrons. The molecule has 1 aliphatic heterocycles. The minimum atomic E-state index is -0.379. The molecule has 0 saturated carbocycles. The van der Waals surface area contributed by atoms with E-state index in [2.05, 4.69) is 22.4 Å². The molecule has 0 bridgehead atoms. The Morgan fingerprint density at radius 1 is 1.47 bits per heavy atom. The van der Waals surface area contributed by atoms with E-state index in [1.165, 1.54) is 0 Å². The van der Waals surface area contributed by atoms with Crippen LogP contribution in [-0.4, -0.2) is 23.3 Å². The summed E-state index contributed by atoms with van der Waals surface area (Å²) in [6.07, 6.45) is 3.09. The standard InChI is InChI=1S/C12H21N3O2/c1-4-7-13-9(2)10-14-15-11(17-10)12(3)6-5-8-16-12/h9,13H,4-8H2,1-3H3. The highest BCUT2D eigenvalue weighted by Crippen LogP contribution is 2.34. The highest BCUT2D eigenvalue weighted by molar-refractivity contribution is 4.99. The van der Waals surface area contributed by atoms with Gasteiger partial charge in [0.2, 0.25) is 11.8 Å². The van der Waals surface area contributed by atoms with Gasteiger partial charge in [0, 0.05) is 6.61 Å². The molecule has 2 unspecified atom stereocenters. The van der Waals surface area contributed by atoms with Gasteiger partial charge >= 0.3 is 0 Å². The van der Waals surface area contributed by atoms with Crippen molar-refractivity contribution in [2.45, 2.75) is 51.7 Å². The van der Waals surface area contributed by atoms with Gasteiger partial charge in [-0.2, -0.15) is 0 Å². The first-order valence-electron chi connectivity index (χ1n) is 6.37. The van der Waals surface area contributed by atoms with Crippen LogP contribution >= 0.6 is 0 Å². The van der Waals surface area contributed by atoms with Gasteiger partial charge in [-0.05, 0) is 39.7 Å². The van der Waals surface area contributed by atoms with E-state index in [1.807, 2.05) is 13.8 Å². The van der Waals surface area contributed by atoms with Gasteiger partial charge in [0.25, 0.3) is 0 Å². The Morgan fingerprint density at radius 3 is 2.94 bits per heavy atom. The van der Waals surface area contributed by atoms with Crippen molar-refractivity contribution in [3.8, 4) is 0 Å². The molecule has 2 rings (SSSR count). The molecule has 1 aliphatic rings. The highest BCUT2D eigenvalue weighted by atomic mass is 16.5. The van der Waals surface area contributed by atoms with Crippen molar-refractivity contribution in [2.75, 3.05) is 13.2 Å². The van der Waals surface area contributed by atoms with Crippen LogP contribution in [0.3, 0.4) is 0 Å². The molecule has 0 aliphatic carbocycles. The average molecular weight is 239 g/mol. The van der Waals surface area contributed by atoms with E-state index in [0.717, 1.165) is 32.4 Å². The molecule has 96 valence electrons. The van der Waals surface area contributed by atoms with E-state index in [0.29, 0.717) is 11.8 Å². The maximum atomic E-state index is 5.72. The molecule has 5 heteroatoms. The zero-order valence-corrected chi connectivity index (χ0v) is 10.8. The smallest absolute Gasteiger partial charge is 0.248 e. The fourth-order valence-corrected chi connectivity index (χ4v) is 2.02. The molecule has 5 nitrogen and oxygen atoms in total. The van der Waals surface area contributed by atoms with Crippen LogP contribution < -0.4 is 5.32 Å². The van der Waals surface area contributed by atoms with Gasteiger partial charge < -0.3 is 14.5 Å². The van der Waals surface area contributed by atoms with Gasteiger partial charge in [0.15, 0.2) is 0 Å². The first kappa shape index (κ1) is 12.5. The van der Waals surface area contributed by atoms with Crippen LogP contribution in [0.25, 0.3) is 0 Å². The van der Waals surface area contributed by atoms with E-state index >= 15 is 0 Å². The fraction of sp³-hybridized carbons (Fsp3) is 0.833. The second kappa shape index (κ2) is 5.14. The van der Waals surface area contributed by atoms with Crippen LogP contribution in [0.2, 0.25) is 0 Å². The summed E-state index contributed by atoms with van der Waals surface area (Å²) in [5.74, 6) is 1.25. The van der Waals surface area contributed by atoms with Crippen LogP contribution in [0.15, 0.2) is 4.42 Å². The second-order valence-electron chi connectivity index (χ2n) is 4.80. The largest absolute Gasteiger partial charge is 0.420 e. The third-order valence-electron chi connectivity index (χ3n) is 3.18. The minimum absolute atomic E-state index is 0.0983. The number of nitrogens with zero attached hydrogens (tertiary/aromatic N) is 2. The number of ether oxygens (including phenoxy) is 1. The normalized spacial score (nSPS) is 26.3. The Balaban J connectivity index is 2.05. The molecule has 1 fully saturated rings. The summed E-state index contributed by atoms with van der Waals surface area (Å²) in [5, 5.41) is 11.5. The van der Waals surface area contributed by atoms with Crippen LogP contribution in [0.4, 0.5) is 0 Å². The van der Waals surface area contributed by atoms with Crippen molar-refractivity contribution < 1.29 is 9.15 Å². The van der Waals surface area contributed by atoms with Gasteiger partial charge in [-0.3, -0.25) is 0 Å². The first-order chi connectivity index (χ1) is 8.15. The van der Waals surface area contributed by atoms with E-state index in [4.69, 9.17) is 9.15 Å². The zero-order chi connectivity index (χ0) is 12.3. The van der Waals surface area contributed by atoms with E-state index < -0.39 is 0 Å². The molecule has 2 atom stereocenters. The summed E-state index contributed by atoms with van der Waals surface area (Å²) < 4.78 is 11.4. The first-order valence-corrected chi connectivity index (χ1v) is 6.37. The molecule has 1 saturated heterocycles. The molecule has 1 N–H and O–H groups in total. The molecule has 0 amide bonds. The Hall–Kier alpha value is -0.940. The lowest BCUT2D eigenvalue weighted by molar-refractivity contribution is -0.00644. The number of hydrogen-bond donors (Lipinski definition) is 1. The molecular weight excluding hydrogens is 218 g/mol. The summed E-state index contributed by atoms with van der Waals surface area (Å²) in [7, 11) is 0. The van der Waals surface area contributed by atoms with Crippen molar-refractivity contribution in [3.05, 3.63) is 11.8 Å². The molecule has 0 spiro atoms. The lowest BCUT2D eigenvalue weighted by atomic mass is 10.0. The third-order valence-corrected chi connectivity index (χ3v) is 3.18. The topological polar surface area (TPSA) is 60.2 Å². The summed E-state index contributed by atoms with van der Waals surface area (Å²) in [4.78, 5) is 0. The monoisotopic (exact) mass is 239 g/mol. The number of aromatic nitrogens is 2. The van der Waals surface area contributed by atoms with Gasteiger partial charge in [0.1, 0.15) is 5.60 Å². The lowest BCUT2D eigenvalue weighted by Crippen LogP contribution is -2.20. The van der Waals surface area contributed by atoms with E-state index in [9.17, 15) is 0 Å². The highest BCUT2D eigenvalue weighted by Gasteiger charge is 2.37. The third kappa shape index (κ3) is 2.66. The summed E-state index contributed by atoms with van der Waals surface area (Å²) >= 11 is 0. The van der Waals surface area contributed by atoms with Gasteiger partial charge in [-0.1, -0.05) is 6.92 Å². The number of nitrogens with one attached hydrogen (secondary N) is 1. The van der Waals surface area contributed by atoms with Crippen LogP contribution in [0, 0.1) is 0 Å². The molecule has 0 aromatic carbocycles. The Morgan fingerprint density at radius 2 is 2.29 bits per heavy atom. The number of hydrogen-bond acceptors (Lipinski definition) is 5. The Labute approximate surface area is 102 Å². The lowest BCUT2D eigenvalue weighted by Gasteiger charge is -2.17. The Kier molecular flexibility index (Phi) is 3.79. The molecule has 1 aromatic rings. The average Bonchev–Trinajstić information content (AvgIpc) is 2.95. The fourth-order valence-electron chi connectivity index (χ4n) is 2.02. The van der Waals surface area contributed by atoms with Crippen LogP contribution in [-0.2, 0) is 10.3 Å². The second-order valence-corrected chi connectivity index (χ2v) is 4.80. The molecule has 17 heavy (non-hydrogen) atoms. The van der Waals surface area contributed by atoms with Crippen molar-refractivity contribution in [1.82, 2.24) is 15.5 Å². The summed E-state index contributed by atoms with van der Waals surface area (Å²) in [5.41, 5.74) is -0.379. The van der Waals surface area contributed by atoms with Crippen molar-refractivity contribution >= 4 is 0 Å². The maximum absolute atomic E-state index is 5.72. The van der Waals surface area contributed by atoms with Crippen LogP contribution in [0.5, 0.6) is 0 Å². The Bertz CT molecular complexity index is 358. The van der Waals surface area contributed by atoms with E-state index in [-0.39, 0.29) is 11.6 Å². The molecular formula is C12H21N3O2. The predicted molar refractivity (Wildman–Crippen MR) is 63.5 cm³/mol. The zero-order valence-electron chi connectivity index (χ0n) is 10.8. The van der Waals surface area contributed by atoms with E-state index in [1.54, 1.807) is 0 Å². The molecule has 2 heterocycles. The minimum Gasteiger partial charge on any atom is -0.420 e. The van der Waals surface area contributed by atoms with Crippen molar-refractivity contribution in [3.63, 3.8) is 0 Å².